The first kappa shape index (κ1) is 15.8. The second-order valence-corrected chi connectivity index (χ2v) is 4.67. The Labute approximate surface area is 129 Å². The highest BCUT2D eigenvalue weighted by Gasteiger charge is 2.10. The molecule has 2 rings (SSSR count). The van der Waals surface area contributed by atoms with E-state index in [9.17, 15) is 4.79 Å². The van der Waals surface area contributed by atoms with E-state index in [1.165, 1.54) is 7.11 Å². The van der Waals surface area contributed by atoms with Gasteiger partial charge < -0.3 is 14.8 Å². The van der Waals surface area contributed by atoms with Gasteiger partial charge in [0.2, 0.25) is 0 Å². The maximum atomic E-state index is 11.3. The van der Waals surface area contributed by atoms with Crippen LogP contribution in [-0.2, 0) is 4.74 Å². The van der Waals surface area contributed by atoms with Gasteiger partial charge in [-0.1, -0.05) is 12.1 Å². The molecule has 22 heavy (non-hydrogen) atoms. The lowest BCUT2D eigenvalue weighted by Gasteiger charge is -2.15. The highest BCUT2D eigenvalue weighted by atomic mass is 16.5. The summed E-state index contributed by atoms with van der Waals surface area (Å²) in [6.45, 7) is 4.60. The monoisotopic (exact) mass is 301 g/mol. The van der Waals surface area contributed by atoms with Gasteiger partial charge in [-0.25, -0.2) is 4.79 Å². The number of aromatic nitrogens is 2. The number of nitrogens with zero attached hydrogens (tertiary/aromatic N) is 2. The minimum absolute atomic E-state index is 0.0266. The van der Waals surface area contributed by atoms with Crippen LogP contribution in [0, 0.1) is 0 Å². The van der Waals surface area contributed by atoms with Crippen LogP contribution in [-0.4, -0.2) is 29.9 Å². The molecule has 0 radical (unpaired) electrons. The Kier molecular flexibility index (Phi) is 5.30. The number of rotatable bonds is 6. The molecule has 0 fully saturated rings. The van der Waals surface area contributed by atoms with Gasteiger partial charge >= 0.3 is 5.97 Å². The quantitative estimate of drug-likeness (QED) is 0.827. The molecule has 1 aromatic carbocycles. The molecule has 0 amide bonds. The Morgan fingerprint density at radius 1 is 1.27 bits per heavy atom. The molecular weight excluding hydrogens is 282 g/mol. The van der Waals surface area contributed by atoms with Crippen molar-refractivity contribution in [2.24, 2.45) is 0 Å². The predicted octanol–water partition coefficient (Wildman–Crippen LogP) is 2.84. The maximum Gasteiger partial charge on any atom is 0.358 e. The third kappa shape index (κ3) is 3.94. The zero-order valence-corrected chi connectivity index (χ0v) is 12.9. The van der Waals surface area contributed by atoms with Gasteiger partial charge in [-0.3, -0.25) is 0 Å². The molecule has 0 spiro atoms. The molecule has 0 aliphatic carbocycles. The lowest BCUT2D eigenvalue weighted by Crippen LogP contribution is -2.11. The number of anilines is 1. The molecule has 1 unspecified atom stereocenters. The summed E-state index contributed by atoms with van der Waals surface area (Å²) in [5.74, 6) is 0.916. The zero-order chi connectivity index (χ0) is 15.9. The van der Waals surface area contributed by atoms with Gasteiger partial charge in [0, 0.05) is 0 Å². The van der Waals surface area contributed by atoms with Crippen LogP contribution in [0.15, 0.2) is 36.4 Å². The number of carbonyl (C=O) groups excluding carboxylic acids is 1. The number of carbonyl (C=O) groups is 1. The van der Waals surface area contributed by atoms with Gasteiger partial charge in [-0.05, 0) is 43.7 Å². The van der Waals surface area contributed by atoms with Gasteiger partial charge in [0.15, 0.2) is 5.69 Å². The minimum Gasteiger partial charge on any atom is -0.494 e. The van der Waals surface area contributed by atoms with Crippen LogP contribution in [0.25, 0.3) is 0 Å². The molecular formula is C16H19N3O3. The Balaban J connectivity index is 2.06. The first-order valence-electron chi connectivity index (χ1n) is 7.05. The van der Waals surface area contributed by atoms with Crippen molar-refractivity contribution in [3.8, 4) is 5.75 Å². The summed E-state index contributed by atoms with van der Waals surface area (Å²) in [6.07, 6.45) is 0. The Bertz CT molecular complexity index is 629. The van der Waals surface area contributed by atoms with Crippen molar-refractivity contribution in [3.05, 3.63) is 47.7 Å². The second kappa shape index (κ2) is 7.40. The third-order valence-electron chi connectivity index (χ3n) is 3.09. The Morgan fingerprint density at radius 2 is 2.09 bits per heavy atom. The highest BCUT2D eigenvalue weighted by molar-refractivity contribution is 5.86. The fraction of sp³-hybridized carbons (Fsp3) is 0.312. The number of hydrogen-bond acceptors (Lipinski definition) is 6. The normalized spacial score (nSPS) is 11.6. The number of esters is 1. The van der Waals surface area contributed by atoms with Crippen LogP contribution in [0.1, 0.15) is 35.9 Å². The number of nitrogens with one attached hydrogen (secondary N) is 1. The highest BCUT2D eigenvalue weighted by Crippen LogP contribution is 2.22. The van der Waals surface area contributed by atoms with Crippen LogP contribution in [0.2, 0.25) is 0 Å². The average molecular weight is 301 g/mol. The standard InChI is InChI=1S/C16H19N3O3/c1-4-22-13-7-5-6-12(10-13)11(2)17-15-9-8-14(18-19-15)16(20)21-3/h5-11H,4H2,1-3H3,(H,17,19). The topological polar surface area (TPSA) is 73.3 Å². The van der Waals surface area contributed by atoms with E-state index in [1.54, 1.807) is 12.1 Å². The van der Waals surface area contributed by atoms with Crippen molar-refractivity contribution < 1.29 is 14.3 Å². The molecule has 116 valence electrons. The molecule has 1 atom stereocenters. The van der Waals surface area contributed by atoms with E-state index in [2.05, 4.69) is 20.3 Å². The summed E-state index contributed by atoms with van der Waals surface area (Å²) < 4.78 is 10.1. The molecule has 1 aromatic heterocycles. The van der Waals surface area contributed by atoms with Crippen molar-refractivity contribution in [2.45, 2.75) is 19.9 Å². The largest absolute Gasteiger partial charge is 0.494 e. The van der Waals surface area contributed by atoms with Gasteiger partial charge in [-0.2, -0.15) is 0 Å². The molecule has 0 saturated carbocycles. The maximum absolute atomic E-state index is 11.3. The van der Waals surface area contributed by atoms with E-state index in [0.29, 0.717) is 12.4 Å². The molecule has 2 aromatic rings. The zero-order valence-electron chi connectivity index (χ0n) is 12.9. The van der Waals surface area contributed by atoms with Crippen molar-refractivity contribution in [3.63, 3.8) is 0 Å². The predicted molar refractivity (Wildman–Crippen MR) is 83.0 cm³/mol. The van der Waals surface area contributed by atoms with Crippen LogP contribution >= 0.6 is 0 Å². The second-order valence-electron chi connectivity index (χ2n) is 4.67. The van der Waals surface area contributed by atoms with Gasteiger partial charge in [0.1, 0.15) is 11.6 Å². The number of ether oxygens (including phenoxy) is 2. The summed E-state index contributed by atoms with van der Waals surface area (Å²) in [4.78, 5) is 11.3. The molecule has 0 aliphatic heterocycles. The smallest absolute Gasteiger partial charge is 0.358 e. The molecule has 1 N–H and O–H groups in total. The van der Waals surface area contributed by atoms with E-state index < -0.39 is 5.97 Å². The summed E-state index contributed by atoms with van der Waals surface area (Å²) in [5.41, 5.74) is 1.25. The lowest BCUT2D eigenvalue weighted by molar-refractivity contribution is 0.0593. The number of benzene rings is 1. The Hall–Kier alpha value is -2.63. The van der Waals surface area contributed by atoms with E-state index >= 15 is 0 Å². The summed E-state index contributed by atoms with van der Waals surface area (Å²) in [6, 6.07) is 11.2. The van der Waals surface area contributed by atoms with Crippen molar-refractivity contribution >= 4 is 11.8 Å². The molecule has 0 bridgehead atoms. The number of methoxy groups -OCH3 is 1. The minimum atomic E-state index is -0.503. The van der Waals surface area contributed by atoms with E-state index in [-0.39, 0.29) is 11.7 Å². The number of hydrogen-bond donors (Lipinski definition) is 1. The van der Waals surface area contributed by atoms with Crippen LogP contribution in [0.4, 0.5) is 5.82 Å². The summed E-state index contributed by atoms with van der Waals surface area (Å²) in [5, 5.41) is 11.0. The van der Waals surface area contributed by atoms with Crippen LogP contribution in [0.5, 0.6) is 5.75 Å². The molecule has 6 heteroatoms. The third-order valence-corrected chi connectivity index (χ3v) is 3.09. The fourth-order valence-electron chi connectivity index (χ4n) is 1.97. The SMILES string of the molecule is CCOc1cccc(C(C)Nc2ccc(C(=O)OC)nn2)c1. The van der Waals surface area contributed by atoms with Crippen molar-refractivity contribution in [1.29, 1.82) is 0 Å². The van der Waals surface area contributed by atoms with Gasteiger partial charge in [-0.15, -0.1) is 10.2 Å². The molecule has 1 heterocycles. The summed E-state index contributed by atoms with van der Waals surface area (Å²) >= 11 is 0. The molecule has 0 aliphatic rings. The van der Waals surface area contributed by atoms with Crippen molar-refractivity contribution in [1.82, 2.24) is 10.2 Å². The van der Waals surface area contributed by atoms with E-state index in [1.807, 2.05) is 38.1 Å². The lowest BCUT2D eigenvalue weighted by atomic mass is 10.1. The fourth-order valence-corrected chi connectivity index (χ4v) is 1.97. The molecule has 0 saturated heterocycles. The molecule has 6 nitrogen and oxygen atoms in total. The average Bonchev–Trinajstić information content (AvgIpc) is 2.55. The van der Waals surface area contributed by atoms with Gasteiger partial charge in [0.05, 0.1) is 19.8 Å². The first-order valence-corrected chi connectivity index (χ1v) is 7.05. The van der Waals surface area contributed by atoms with Crippen molar-refractivity contribution in [2.75, 3.05) is 19.0 Å². The van der Waals surface area contributed by atoms with Gasteiger partial charge in [0.25, 0.3) is 0 Å². The first-order chi connectivity index (χ1) is 10.6. The van der Waals surface area contributed by atoms with Crippen LogP contribution < -0.4 is 10.1 Å². The van der Waals surface area contributed by atoms with E-state index in [4.69, 9.17) is 4.74 Å². The van der Waals surface area contributed by atoms with E-state index in [0.717, 1.165) is 11.3 Å². The summed E-state index contributed by atoms with van der Waals surface area (Å²) in [7, 11) is 1.31. The van der Waals surface area contributed by atoms with Crippen LogP contribution in [0.3, 0.4) is 0 Å². The Morgan fingerprint density at radius 3 is 2.73 bits per heavy atom.